The molecule has 0 aromatic heterocycles. The Bertz CT molecular complexity index is 300. The van der Waals surface area contributed by atoms with Gasteiger partial charge in [-0.3, -0.25) is 0 Å². The molecule has 1 N–H and O–H groups in total. The Morgan fingerprint density at radius 3 is 2.73 bits per heavy atom. The number of hydrogen-bond donors (Lipinski definition) is 1. The number of benzene rings is 1. The lowest BCUT2D eigenvalue weighted by Crippen LogP contribution is -2.14. The predicted molar refractivity (Wildman–Crippen MR) is 67.7 cm³/mol. The van der Waals surface area contributed by atoms with E-state index in [1.165, 1.54) is 19.3 Å². The van der Waals surface area contributed by atoms with E-state index < -0.39 is 0 Å². The average Bonchev–Trinajstić information content (AvgIpc) is 2.24. The van der Waals surface area contributed by atoms with Crippen LogP contribution in [0, 0.1) is 0 Å². The van der Waals surface area contributed by atoms with Gasteiger partial charge in [-0.05, 0) is 24.6 Å². The molecule has 1 aromatic carbocycles. The van der Waals surface area contributed by atoms with Crippen LogP contribution in [0.4, 0.5) is 0 Å². The van der Waals surface area contributed by atoms with E-state index in [4.69, 9.17) is 23.2 Å². The molecule has 3 heteroatoms. The summed E-state index contributed by atoms with van der Waals surface area (Å²) >= 11 is 12.0. The maximum atomic E-state index is 6.06. The molecule has 0 radical (unpaired) electrons. The van der Waals surface area contributed by atoms with Crippen molar-refractivity contribution in [3.05, 3.63) is 33.8 Å². The Morgan fingerprint density at radius 1 is 1.20 bits per heavy atom. The van der Waals surface area contributed by atoms with E-state index in [1.54, 1.807) is 0 Å². The van der Waals surface area contributed by atoms with Crippen LogP contribution < -0.4 is 5.32 Å². The zero-order valence-electron chi connectivity index (χ0n) is 9.02. The lowest BCUT2D eigenvalue weighted by Gasteiger charge is -2.07. The second-order valence-electron chi connectivity index (χ2n) is 3.60. The standard InChI is InChI=1S/C12H17Cl2N/c1-2-3-4-8-15-9-10-6-5-7-11(13)12(10)14/h5-7,15H,2-4,8-9H2,1H3. The van der Waals surface area contributed by atoms with E-state index in [2.05, 4.69) is 12.2 Å². The molecule has 1 nitrogen and oxygen atoms in total. The molecule has 0 spiro atoms. The van der Waals surface area contributed by atoms with Crippen molar-refractivity contribution in [1.82, 2.24) is 5.32 Å². The van der Waals surface area contributed by atoms with Crippen molar-refractivity contribution in [3.63, 3.8) is 0 Å². The summed E-state index contributed by atoms with van der Waals surface area (Å²) < 4.78 is 0. The molecule has 0 bridgehead atoms. The van der Waals surface area contributed by atoms with Crippen molar-refractivity contribution in [2.24, 2.45) is 0 Å². The van der Waals surface area contributed by atoms with Gasteiger partial charge in [0.2, 0.25) is 0 Å². The van der Waals surface area contributed by atoms with E-state index in [-0.39, 0.29) is 0 Å². The molecular formula is C12H17Cl2N. The Morgan fingerprint density at radius 2 is 2.00 bits per heavy atom. The number of halogens is 2. The van der Waals surface area contributed by atoms with Crippen molar-refractivity contribution in [1.29, 1.82) is 0 Å². The predicted octanol–water partition coefficient (Wildman–Crippen LogP) is 4.27. The van der Waals surface area contributed by atoms with Gasteiger partial charge in [0.05, 0.1) is 10.0 Å². The highest BCUT2D eigenvalue weighted by atomic mass is 35.5. The first kappa shape index (κ1) is 12.8. The van der Waals surface area contributed by atoms with E-state index >= 15 is 0 Å². The summed E-state index contributed by atoms with van der Waals surface area (Å²) in [6.07, 6.45) is 3.74. The minimum absolute atomic E-state index is 0.629. The molecule has 0 unspecified atom stereocenters. The molecule has 0 saturated carbocycles. The van der Waals surface area contributed by atoms with Gasteiger partial charge in [-0.2, -0.15) is 0 Å². The van der Waals surface area contributed by atoms with E-state index in [9.17, 15) is 0 Å². The van der Waals surface area contributed by atoms with E-state index in [0.717, 1.165) is 18.7 Å². The summed E-state index contributed by atoms with van der Waals surface area (Å²) in [7, 11) is 0. The highest BCUT2D eigenvalue weighted by Crippen LogP contribution is 2.25. The summed E-state index contributed by atoms with van der Waals surface area (Å²) in [6.45, 7) is 4.04. The number of rotatable bonds is 6. The molecule has 1 rings (SSSR count). The maximum Gasteiger partial charge on any atom is 0.0637 e. The van der Waals surface area contributed by atoms with Crippen LogP contribution in [-0.2, 0) is 6.54 Å². The van der Waals surface area contributed by atoms with E-state index in [0.29, 0.717) is 10.0 Å². The fraction of sp³-hybridized carbons (Fsp3) is 0.500. The van der Waals surface area contributed by atoms with Gasteiger partial charge in [0.15, 0.2) is 0 Å². The summed E-state index contributed by atoms with van der Waals surface area (Å²) in [5.74, 6) is 0. The first-order chi connectivity index (χ1) is 7.25. The second kappa shape index (κ2) is 7.10. The van der Waals surface area contributed by atoms with Crippen molar-refractivity contribution < 1.29 is 0 Å². The highest BCUT2D eigenvalue weighted by molar-refractivity contribution is 6.42. The van der Waals surface area contributed by atoms with Gasteiger partial charge in [-0.15, -0.1) is 0 Å². The van der Waals surface area contributed by atoms with Crippen molar-refractivity contribution in [2.45, 2.75) is 32.7 Å². The Balaban J connectivity index is 2.34. The van der Waals surface area contributed by atoms with Crippen LogP contribution in [0.5, 0.6) is 0 Å². The van der Waals surface area contributed by atoms with Crippen LogP contribution in [0.3, 0.4) is 0 Å². The van der Waals surface area contributed by atoms with Gasteiger partial charge in [0, 0.05) is 6.54 Å². The molecule has 0 fully saturated rings. The third-order valence-corrected chi connectivity index (χ3v) is 3.16. The van der Waals surface area contributed by atoms with Gasteiger partial charge in [0.1, 0.15) is 0 Å². The number of nitrogens with one attached hydrogen (secondary N) is 1. The number of hydrogen-bond acceptors (Lipinski definition) is 1. The molecule has 0 aliphatic heterocycles. The fourth-order valence-electron chi connectivity index (χ4n) is 1.41. The maximum absolute atomic E-state index is 6.06. The first-order valence-corrected chi connectivity index (χ1v) is 6.15. The molecule has 1 aromatic rings. The average molecular weight is 246 g/mol. The normalized spacial score (nSPS) is 10.6. The SMILES string of the molecule is CCCCCNCc1cccc(Cl)c1Cl. The van der Waals surface area contributed by atoms with E-state index in [1.807, 2.05) is 18.2 Å². The van der Waals surface area contributed by atoms with Gasteiger partial charge in [-0.1, -0.05) is 55.1 Å². The molecule has 0 amide bonds. The smallest absolute Gasteiger partial charge is 0.0637 e. The molecule has 0 atom stereocenters. The number of unbranched alkanes of at least 4 members (excludes halogenated alkanes) is 2. The molecule has 0 aliphatic carbocycles. The highest BCUT2D eigenvalue weighted by Gasteiger charge is 2.02. The molecule has 0 aliphatic rings. The summed E-state index contributed by atoms with van der Waals surface area (Å²) in [5, 5.41) is 4.66. The van der Waals surface area contributed by atoms with Crippen molar-refractivity contribution >= 4 is 23.2 Å². The monoisotopic (exact) mass is 245 g/mol. The summed E-state index contributed by atoms with van der Waals surface area (Å²) in [4.78, 5) is 0. The molecular weight excluding hydrogens is 229 g/mol. The molecule has 84 valence electrons. The van der Waals surface area contributed by atoms with Crippen LogP contribution >= 0.6 is 23.2 Å². The zero-order chi connectivity index (χ0) is 11.1. The molecule has 0 heterocycles. The van der Waals surface area contributed by atoms with Crippen LogP contribution in [-0.4, -0.2) is 6.54 Å². The van der Waals surface area contributed by atoms with Crippen LogP contribution in [0.25, 0.3) is 0 Å². The fourth-order valence-corrected chi connectivity index (χ4v) is 1.79. The van der Waals surface area contributed by atoms with Gasteiger partial charge >= 0.3 is 0 Å². The second-order valence-corrected chi connectivity index (χ2v) is 4.38. The Labute approximate surface area is 102 Å². The molecule has 0 saturated heterocycles. The minimum atomic E-state index is 0.629. The summed E-state index contributed by atoms with van der Waals surface area (Å²) in [6, 6.07) is 5.74. The quantitative estimate of drug-likeness (QED) is 0.739. The third kappa shape index (κ3) is 4.42. The topological polar surface area (TPSA) is 12.0 Å². The van der Waals surface area contributed by atoms with Gasteiger partial charge < -0.3 is 5.32 Å². The van der Waals surface area contributed by atoms with Crippen LogP contribution in [0.1, 0.15) is 31.7 Å². The lowest BCUT2D eigenvalue weighted by atomic mass is 10.2. The van der Waals surface area contributed by atoms with Crippen LogP contribution in [0.2, 0.25) is 10.0 Å². The van der Waals surface area contributed by atoms with Crippen molar-refractivity contribution in [3.8, 4) is 0 Å². The van der Waals surface area contributed by atoms with Gasteiger partial charge in [-0.25, -0.2) is 0 Å². The Kier molecular flexibility index (Phi) is 6.07. The van der Waals surface area contributed by atoms with Gasteiger partial charge in [0.25, 0.3) is 0 Å². The zero-order valence-corrected chi connectivity index (χ0v) is 10.5. The van der Waals surface area contributed by atoms with Crippen LogP contribution in [0.15, 0.2) is 18.2 Å². The third-order valence-electron chi connectivity index (χ3n) is 2.30. The molecule has 15 heavy (non-hydrogen) atoms. The minimum Gasteiger partial charge on any atom is -0.313 e. The lowest BCUT2D eigenvalue weighted by molar-refractivity contribution is 0.617. The Hall–Kier alpha value is -0.240. The summed E-state index contributed by atoms with van der Waals surface area (Å²) in [5.41, 5.74) is 1.07. The first-order valence-electron chi connectivity index (χ1n) is 5.39. The largest absolute Gasteiger partial charge is 0.313 e. The van der Waals surface area contributed by atoms with Crippen molar-refractivity contribution in [2.75, 3.05) is 6.54 Å².